The zero-order valence-electron chi connectivity index (χ0n) is 14.8. The number of hydrogen-bond donors (Lipinski definition) is 0. The normalized spacial score (nSPS) is 21.7. The van der Waals surface area contributed by atoms with Gasteiger partial charge >= 0.3 is 0 Å². The highest BCUT2D eigenvalue weighted by molar-refractivity contribution is 5.92. The van der Waals surface area contributed by atoms with Crippen molar-refractivity contribution < 1.29 is 4.79 Å². The van der Waals surface area contributed by atoms with Crippen LogP contribution in [0.25, 0.3) is 0 Å². The highest BCUT2D eigenvalue weighted by Gasteiger charge is 2.53. The summed E-state index contributed by atoms with van der Waals surface area (Å²) in [7, 11) is 0. The van der Waals surface area contributed by atoms with Crippen molar-refractivity contribution in [3.8, 4) is 0 Å². The van der Waals surface area contributed by atoms with Crippen molar-refractivity contribution in [3.05, 3.63) is 36.4 Å². The van der Waals surface area contributed by atoms with Crippen molar-refractivity contribution in [2.45, 2.75) is 45.6 Å². The molecular formula is C18H24N6O. The first-order valence-corrected chi connectivity index (χ1v) is 9.02. The van der Waals surface area contributed by atoms with Crippen LogP contribution in [0.3, 0.4) is 0 Å². The van der Waals surface area contributed by atoms with Crippen LogP contribution in [-0.4, -0.2) is 48.6 Å². The molecule has 1 saturated carbocycles. The Morgan fingerprint density at radius 3 is 2.84 bits per heavy atom. The lowest BCUT2D eigenvalue weighted by molar-refractivity contribution is 0.0717. The Morgan fingerprint density at radius 1 is 1.36 bits per heavy atom. The zero-order valence-corrected chi connectivity index (χ0v) is 14.8. The molecule has 0 bridgehead atoms. The minimum absolute atomic E-state index is 0.0307. The average Bonchev–Trinajstić information content (AvgIpc) is 3.18. The summed E-state index contributed by atoms with van der Waals surface area (Å²) in [4.78, 5) is 23.0. The smallest absolute Gasteiger partial charge is 0.274 e. The van der Waals surface area contributed by atoms with Crippen LogP contribution < -0.4 is 0 Å². The number of carbonyl (C=O) groups excluding carboxylic acids is 1. The fraction of sp³-hybridized carbons (Fsp3) is 0.611. The summed E-state index contributed by atoms with van der Waals surface area (Å²) in [6.45, 7) is 6.77. The molecule has 25 heavy (non-hydrogen) atoms. The Kier molecular flexibility index (Phi) is 4.01. The molecule has 2 aliphatic rings. The molecule has 1 unspecified atom stereocenters. The third-order valence-electron chi connectivity index (χ3n) is 5.59. The molecule has 7 heteroatoms. The molecule has 0 radical (unpaired) electrons. The third-order valence-corrected chi connectivity index (χ3v) is 5.59. The molecule has 7 nitrogen and oxygen atoms in total. The maximum absolute atomic E-state index is 12.8. The van der Waals surface area contributed by atoms with Gasteiger partial charge in [0.05, 0.1) is 6.20 Å². The van der Waals surface area contributed by atoms with Gasteiger partial charge in [-0.25, -0.2) is 4.98 Å². The van der Waals surface area contributed by atoms with Crippen LogP contribution in [0.2, 0.25) is 0 Å². The second-order valence-corrected chi connectivity index (χ2v) is 7.78. The summed E-state index contributed by atoms with van der Waals surface area (Å²) in [6, 6.07) is 0. The molecule has 4 rings (SSSR count). The van der Waals surface area contributed by atoms with Crippen molar-refractivity contribution in [3.63, 3.8) is 0 Å². The highest BCUT2D eigenvalue weighted by Crippen LogP contribution is 2.55. The number of rotatable bonds is 4. The van der Waals surface area contributed by atoms with E-state index in [0.29, 0.717) is 18.2 Å². The van der Waals surface area contributed by atoms with E-state index in [9.17, 15) is 4.79 Å². The van der Waals surface area contributed by atoms with Gasteiger partial charge in [0.15, 0.2) is 0 Å². The van der Waals surface area contributed by atoms with Gasteiger partial charge in [0.1, 0.15) is 17.8 Å². The number of hydrogen-bond acceptors (Lipinski definition) is 5. The Labute approximate surface area is 147 Å². The molecule has 3 heterocycles. The van der Waals surface area contributed by atoms with Crippen molar-refractivity contribution in [1.29, 1.82) is 0 Å². The molecule has 1 amide bonds. The molecule has 1 saturated heterocycles. The molecule has 2 aromatic heterocycles. The second kappa shape index (κ2) is 6.20. The van der Waals surface area contributed by atoms with Crippen LogP contribution in [-0.2, 0) is 6.54 Å². The summed E-state index contributed by atoms with van der Waals surface area (Å²) >= 11 is 0. The minimum atomic E-state index is -0.0307. The lowest BCUT2D eigenvalue weighted by Gasteiger charge is -2.42. The topological polar surface area (TPSA) is 76.8 Å². The molecule has 1 aliphatic carbocycles. The average molecular weight is 340 g/mol. The summed E-state index contributed by atoms with van der Waals surface area (Å²) in [5.74, 6) is 1.79. The Balaban J connectivity index is 1.61. The van der Waals surface area contributed by atoms with E-state index in [1.54, 1.807) is 18.6 Å². The number of amides is 1. The summed E-state index contributed by atoms with van der Waals surface area (Å²) < 4.78 is 2.17. The first-order chi connectivity index (χ1) is 12.1. The van der Waals surface area contributed by atoms with Crippen LogP contribution in [0.5, 0.6) is 0 Å². The Morgan fingerprint density at radius 2 is 2.20 bits per heavy atom. The van der Waals surface area contributed by atoms with Gasteiger partial charge in [-0.05, 0) is 24.2 Å². The molecular weight excluding hydrogens is 316 g/mol. The van der Waals surface area contributed by atoms with E-state index in [-0.39, 0.29) is 17.2 Å². The van der Waals surface area contributed by atoms with E-state index < -0.39 is 0 Å². The first-order valence-electron chi connectivity index (χ1n) is 9.02. The molecule has 1 aliphatic heterocycles. The quantitative estimate of drug-likeness (QED) is 0.852. The van der Waals surface area contributed by atoms with Gasteiger partial charge in [-0.15, -0.1) is 10.2 Å². The highest BCUT2D eigenvalue weighted by atomic mass is 16.2. The second-order valence-electron chi connectivity index (χ2n) is 7.78. The summed E-state index contributed by atoms with van der Waals surface area (Å²) in [6.07, 6.45) is 10.1. The maximum Gasteiger partial charge on any atom is 0.274 e. The van der Waals surface area contributed by atoms with Crippen molar-refractivity contribution in [2.24, 2.45) is 11.3 Å². The fourth-order valence-corrected chi connectivity index (χ4v) is 4.26. The summed E-state index contributed by atoms with van der Waals surface area (Å²) in [5, 5.41) is 8.60. The van der Waals surface area contributed by atoms with Crippen LogP contribution in [0.15, 0.2) is 24.9 Å². The predicted octanol–water partition coefficient (Wildman–Crippen LogP) is 2.13. The minimum Gasteiger partial charge on any atom is -0.336 e. The largest absolute Gasteiger partial charge is 0.336 e. The van der Waals surface area contributed by atoms with Gasteiger partial charge in [-0.2, -0.15) is 0 Å². The van der Waals surface area contributed by atoms with Gasteiger partial charge in [-0.1, -0.05) is 20.3 Å². The number of aromatic nitrogens is 5. The van der Waals surface area contributed by atoms with Gasteiger partial charge in [-0.3, -0.25) is 9.78 Å². The lowest BCUT2D eigenvalue weighted by Crippen LogP contribution is -2.38. The number of carbonyl (C=O) groups is 1. The van der Waals surface area contributed by atoms with E-state index in [1.807, 2.05) is 11.2 Å². The Bertz CT molecular complexity index is 752. The monoisotopic (exact) mass is 340 g/mol. The van der Waals surface area contributed by atoms with Crippen LogP contribution in [0.1, 0.15) is 55.3 Å². The molecule has 1 spiro atoms. The molecule has 0 N–H and O–H groups in total. The zero-order chi connectivity index (χ0) is 17.4. The van der Waals surface area contributed by atoms with Crippen LogP contribution in [0, 0.1) is 11.3 Å². The number of nitrogens with zero attached hydrogens (tertiary/aromatic N) is 6. The van der Waals surface area contributed by atoms with Crippen molar-refractivity contribution in [2.75, 3.05) is 13.1 Å². The van der Waals surface area contributed by atoms with E-state index in [0.717, 1.165) is 31.8 Å². The molecule has 2 aromatic rings. The fourth-order valence-electron chi connectivity index (χ4n) is 4.26. The first kappa shape index (κ1) is 16.2. The van der Waals surface area contributed by atoms with E-state index in [4.69, 9.17) is 0 Å². The molecule has 0 aromatic carbocycles. The van der Waals surface area contributed by atoms with Gasteiger partial charge in [0, 0.05) is 37.9 Å². The predicted molar refractivity (Wildman–Crippen MR) is 91.8 cm³/mol. The van der Waals surface area contributed by atoms with Crippen LogP contribution in [0.4, 0.5) is 0 Å². The van der Waals surface area contributed by atoms with Crippen molar-refractivity contribution >= 4 is 5.91 Å². The number of likely N-dealkylation sites (tertiary alicyclic amines) is 1. The van der Waals surface area contributed by atoms with Crippen LogP contribution >= 0.6 is 0 Å². The Hall–Kier alpha value is -2.31. The van der Waals surface area contributed by atoms with Gasteiger partial charge in [0.25, 0.3) is 5.91 Å². The molecule has 1 atom stereocenters. The molecule has 132 valence electrons. The summed E-state index contributed by atoms with van der Waals surface area (Å²) in [5.41, 5.74) is 0.570. The maximum atomic E-state index is 12.8. The lowest BCUT2D eigenvalue weighted by atomic mass is 9.62. The van der Waals surface area contributed by atoms with Gasteiger partial charge in [0.2, 0.25) is 0 Å². The van der Waals surface area contributed by atoms with E-state index in [2.05, 4.69) is 38.6 Å². The van der Waals surface area contributed by atoms with Gasteiger partial charge < -0.3 is 9.47 Å². The SMILES string of the molecule is CC(C)Cn1cnnc1C1CN(C(=O)c2cnccn2)CC12CCC2. The third kappa shape index (κ3) is 2.81. The van der Waals surface area contributed by atoms with E-state index in [1.165, 1.54) is 6.42 Å². The van der Waals surface area contributed by atoms with Crippen molar-refractivity contribution in [1.82, 2.24) is 29.6 Å². The molecule has 2 fully saturated rings. The van der Waals surface area contributed by atoms with E-state index >= 15 is 0 Å². The standard InChI is InChI=1S/C18H24N6O/c1-13(2)9-24-12-21-22-16(24)14-10-23(11-18(14)4-3-5-18)17(25)15-8-19-6-7-20-15/h6-8,12-14H,3-5,9-11H2,1-2H3.